The quantitative estimate of drug-likeness (QED) is 0.925. The summed E-state index contributed by atoms with van der Waals surface area (Å²) in [4.78, 5) is 16.6. The number of carboxylic acid groups (broad SMARTS) is 1. The summed E-state index contributed by atoms with van der Waals surface area (Å²) in [5, 5.41) is 9.79. The van der Waals surface area contributed by atoms with Crippen LogP contribution in [0.2, 0.25) is 0 Å². The van der Waals surface area contributed by atoms with E-state index >= 15 is 0 Å². The summed E-state index contributed by atoms with van der Waals surface area (Å²) in [6.45, 7) is 3.83. The van der Waals surface area contributed by atoms with E-state index in [2.05, 4.69) is 41.1 Å². The molecular weight excluding hydrogens is 276 g/mol. The van der Waals surface area contributed by atoms with Crippen LogP contribution >= 0.6 is 0 Å². The number of nitrogens with zero attached hydrogens (tertiary/aromatic N) is 2. The number of likely N-dealkylation sites (tertiary alicyclic amines) is 2. The van der Waals surface area contributed by atoms with Crippen LogP contribution < -0.4 is 0 Å². The first kappa shape index (κ1) is 15.5. The Morgan fingerprint density at radius 1 is 1.27 bits per heavy atom. The van der Waals surface area contributed by atoms with Gasteiger partial charge in [0.2, 0.25) is 0 Å². The Labute approximate surface area is 132 Å². The van der Waals surface area contributed by atoms with E-state index in [-0.39, 0.29) is 6.04 Å². The van der Waals surface area contributed by atoms with Gasteiger partial charge in [-0.25, -0.2) is 0 Å². The number of hydrogen-bond acceptors (Lipinski definition) is 3. The molecule has 0 aliphatic carbocycles. The molecule has 2 heterocycles. The molecule has 2 aliphatic rings. The lowest BCUT2D eigenvalue weighted by atomic mass is 9.68. The Morgan fingerprint density at radius 3 is 2.77 bits per heavy atom. The molecule has 1 aromatic carbocycles. The fraction of sp³-hybridized carbons (Fsp3) is 0.611. The first-order chi connectivity index (χ1) is 10.6. The Balaban J connectivity index is 1.65. The van der Waals surface area contributed by atoms with Gasteiger partial charge >= 0.3 is 5.97 Å². The molecule has 3 rings (SSSR count). The number of hydrogen-bond donors (Lipinski definition) is 1. The summed E-state index contributed by atoms with van der Waals surface area (Å²) < 4.78 is 0. The molecule has 1 aromatic rings. The number of carbonyl (C=O) groups is 1. The van der Waals surface area contributed by atoms with E-state index in [1.807, 2.05) is 6.07 Å². The van der Waals surface area contributed by atoms with Crippen molar-refractivity contribution in [2.75, 3.05) is 33.2 Å². The molecular formula is C18H26N2O2. The number of fused-ring (bicyclic) bond motifs is 1. The molecule has 0 unspecified atom stereocenters. The zero-order valence-electron chi connectivity index (χ0n) is 13.4. The third kappa shape index (κ3) is 2.90. The van der Waals surface area contributed by atoms with Crippen LogP contribution in [-0.2, 0) is 11.2 Å². The van der Waals surface area contributed by atoms with E-state index in [0.717, 1.165) is 51.9 Å². The highest BCUT2D eigenvalue weighted by Crippen LogP contribution is 2.42. The molecule has 2 aliphatic heterocycles. The van der Waals surface area contributed by atoms with Crippen molar-refractivity contribution in [3.8, 4) is 0 Å². The zero-order valence-corrected chi connectivity index (χ0v) is 13.4. The second-order valence-electron chi connectivity index (χ2n) is 6.85. The van der Waals surface area contributed by atoms with Gasteiger partial charge in [0.25, 0.3) is 0 Å². The molecule has 0 aromatic heterocycles. The van der Waals surface area contributed by atoms with E-state index < -0.39 is 11.4 Å². The third-order valence-corrected chi connectivity index (χ3v) is 5.59. The molecule has 4 nitrogen and oxygen atoms in total. The second-order valence-corrected chi connectivity index (χ2v) is 6.85. The maximum Gasteiger partial charge on any atom is 0.311 e. The first-order valence-electron chi connectivity index (χ1n) is 8.32. The van der Waals surface area contributed by atoms with Gasteiger partial charge in [-0.2, -0.15) is 0 Å². The van der Waals surface area contributed by atoms with Gasteiger partial charge in [-0.05, 0) is 51.4 Å². The van der Waals surface area contributed by atoms with Crippen molar-refractivity contribution in [1.29, 1.82) is 0 Å². The van der Waals surface area contributed by atoms with Gasteiger partial charge in [0.15, 0.2) is 0 Å². The van der Waals surface area contributed by atoms with Crippen LogP contribution in [-0.4, -0.2) is 60.1 Å². The minimum Gasteiger partial charge on any atom is -0.481 e. The van der Waals surface area contributed by atoms with Crippen molar-refractivity contribution in [3.05, 3.63) is 35.9 Å². The third-order valence-electron chi connectivity index (χ3n) is 5.59. The summed E-state index contributed by atoms with van der Waals surface area (Å²) in [5.74, 6) is -0.591. The van der Waals surface area contributed by atoms with Crippen LogP contribution in [0.25, 0.3) is 0 Å². The zero-order chi connectivity index (χ0) is 15.6. The van der Waals surface area contributed by atoms with Crippen LogP contribution in [0.4, 0.5) is 0 Å². The molecule has 0 amide bonds. The lowest BCUT2D eigenvalue weighted by Gasteiger charge is -2.51. The number of aliphatic carboxylic acids is 1. The predicted octanol–water partition coefficient (Wildman–Crippen LogP) is 2.10. The minimum absolute atomic E-state index is 0.156. The largest absolute Gasteiger partial charge is 0.481 e. The van der Waals surface area contributed by atoms with E-state index in [1.54, 1.807) is 0 Å². The van der Waals surface area contributed by atoms with E-state index in [4.69, 9.17) is 0 Å². The van der Waals surface area contributed by atoms with Gasteiger partial charge in [-0.1, -0.05) is 30.3 Å². The molecule has 120 valence electrons. The average Bonchev–Trinajstić information content (AvgIpc) is 2.54. The number of likely N-dealkylation sites (N-methyl/N-ethyl adjacent to an activating group) is 1. The van der Waals surface area contributed by atoms with Crippen LogP contribution in [0, 0.1) is 5.41 Å². The summed E-state index contributed by atoms with van der Waals surface area (Å²) in [6.07, 6.45) is 3.66. The fourth-order valence-electron chi connectivity index (χ4n) is 4.18. The van der Waals surface area contributed by atoms with Gasteiger partial charge in [0.05, 0.1) is 5.41 Å². The minimum atomic E-state index is -0.591. The highest BCUT2D eigenvalue weighted by atomic mass is 16.4. The first-order valence-corrected chi connectivity index (χ1v) is 8.32. The van der Waals surface area contributed by atoms with Crippen molar-refractivity contribution >= 4 is 5.97 Å². The number of piperidine rings is 2. The summed E-state index contributed by atoms with van der Waals surface area (Å²) in [6, 6.07) is 10.7. The molecule has 2 atom stereocenters. The Bertz CT molecular complexity index is 519. The van der Waals surface area contributed by atoms with Crippen molar-refractivity contribution < 1.29 is 9.90 Å². The molecule has 0 bridgehead atoms. The number of rotatable bonds is 4. The van der Waals surface area contributed by atoms with Crippen molar-refractivity contribution in [2.24, 2.45) is 5.41 Å². The Morgan fingerprint density at radius 2 is 2.05 bits per heavy atom. The molecule has 0 spiro atoms. The SMILES string of the molecule is CN1CCC[C@]2(C(=O)O)CCN(CCc3ccccc3)C[C@@H]12. The van der Waals surface area contributed by atoms with Gasteiger partial charge < -0.3 is 14.9 Å². The maximum atomic E-state index is 11.9. The number of carboxylic acids is 1. The van der Waals surface area contributed by atoms with Crippen LogP contribution in [0.15, 0.2) is 30.3 Å². The van der Waals surface area contributed by atoms with Crippen molar-refractivity contribution in [3.63, 3.8) is 0 Å². The molecule has 1 N–H and O–H groups in total. The normalized spacial score (nSPS) is 30.0. The van der Waals surface area contributed by atoms with E-state index in [9.17, 15) is 9.90 Å². The van der Waals surface area contributed by atoms with Crippen LogP contribution in [0.5, 0.6) is 0 Å². The highest BCUT2D eigenvalue weighted by molar-refractivity contribution is 5.76. The molecule has 2 fully saturated rings. The van der Waals surface area contributed by atoms with E-state index in [0.29, 0.717) is 0 Å². The topological polar surface area (TPSA) is 43.8 Å². The summed E-state index contributed by atoms with van der Waals surface area (Å²) >= 11 is 0. The molecule has 0 radical (unpaired) electrons. The molecule has 2 saturated heterocycles. The lowest BCUT2D eigenvalue weighted by molar-refractivity contribution is -0.162. The van der Waals surface area contributed by atoms with E-state index in [1.165, 1.54) is 5.56 Å². The van der Waals surface area contributed by atoms with Crippen LogP contribution in [0.1, 0.15) is 24.8 Å². The molecule has 4 heteroatoms. The van der Waals surface area contributed by atoms with Crippen molar-refractivity contribution in [2.45, 2.75) is 31.7 Å². The monoisotopic (exact) mass is 302 g/mol. The molecule has 22 heavy (non-hydrogen) atoms. The maximum absolute atomic E-state index is 11.9. The Hall–Kier alpha value is -1.39. The van der Waals surface area contributed by atoms with Gasteiger partial charge in [0, 0.05) is 19.1 Å². The van der Waals surface area contributed by atoms with Gasteiger partial charge in [-0.15, -0.1) is 0 Å². The summed E-state index contributed by atoms with van der Waals surface area (Å²) in [5.41, 5.74) is 0.838. The van der Waals surface area contributed by atoms with Crippen molar-refractivity contribution in [1.82, 2.24) is 9.80 Å². The van der Waals surface area contributed by atoms with Crippen LogP contribution in [0.3, 0.4) is 0 Å². The highest BCUT2D eigenvalue weighted by Gasteiger charge is 2.51. The van der Waals surface area contributed by atoms with Gasteiger partial charge in [-0.3, -0.25) is 4.79 Å². The fourth-order valence-corrected chi connectivity index (χ4v) is 4.18. The molecule has 0 saturated carbocycles. The predicted molar refractivity (Wildman–Crippen MR) is 86.9 cm³/mol. The standard InChI is InChI=1S/C18H26N2O2/c1-19-11-5-9-18(17(21)22)10-13-20(14-16(18)19)12-8-15-6-3-2-4-7-15/h2-4,6-7,16H,5,8-14H2,1H3,(H,21,22)/t16-,18+/m1/s1. The lowest BCUT2D eigenvalue weighted by Crippen LogP contribution is -2.63. The van der Waals surface area contributed by atoms with Gasteiger partial charge in [0.1, 0.15) is 0 Å². The average molecular weight is 302 g/mol. The number of benzene rings is 1. The second kappa shape index (κ2) is 6.39. The smallest absolute Gasteiger partial charge is 0.311 e. The Kier molecular flexibility index (Phi) is 4.50. The summed E-state index contributed by atoms with van der Waals surface area (Å²) in [7, 11) is 2.09.